The molecule has 0 amide bonds. The lowest BCUT2D eigenvalue weighted by atomic mass is 9.77. The zero-order valence-corrected chi connectivity index (χ0v) is 12.5. The fourth-order valence-electron chi connectivity index (χ4n) is 3.01. The summed E-state index contributed by atoms with van der Waals surface area (Å²) >= 11 is 6.16. The molecule has 0 fully saturated rings. The van der Waals surface area contributed by atoms with E-state index in [1.165, 1.54) is 23.3 Å². The molecular weight excluding hydrogens is 287 g/mol. The molecule has 1 aliphatic rings. The van der Waals surface area contributed by atoms with E-state index in [9.17, 15) is 4.39 Å². The second kappa shape index (κ2) is 5.66. The molecule has 0 radical (unpaired) electrons. The van der Waals surface area contributed by atoms with Crippen LogP contribution in [-0.2, 0) is 12.8 Å². The Morgan fingerprint density at radius 2 is 1.95 bits per heavy atom. The highest BCUT2D eigenvalue weighted by Crippen LogP contribution is 2.33. The lowest BCUT2D eigenvalue weighted by Crippen LogP contribution is -2.49. The number of fused-ring (bicyclic) bond motifs is 1. The van der Waals surface area contributed by atoms with Gasteiger partial charge in [-0.15, -0.1) is 0 Å². The molecule has 0 aliphatic heterocycles. The minimum absolute atomic E-state index is 0.272. The molecule has 0 saturated carbocycles. The maximum absolute atomic E-state index is 13.4. The minimum atomic E-state index is -0.301. The van der Waals surface area contributed by atoms with E-state index in [1.54, 1.807) is 6.07 Å². The molecule has 2 aromatic rings. The van der Waals surface area contributed by atoms with Gasteiger partial charge in [0.15, 0.2) is 0 Å². The first kappa shape index (κ1) is 14.4. The molecule has 0 aromatic heterocycles. The molecule has 2 aromatic carbocycles. The van der Waals surface area contributed by atoms with Crippen LogP contribution in [0.5, 0.6) is 0 Å². The van der Waals surface area contributed by atoms with Crippen LogP contribution >= 0.6 is 11.6 Å². The van der Waals surface area contributed by atoms with E-state index in [-0.39, 0.29) is 11.4 Å². The van der Waals surface area contributed by atoms with Crippen molar-refractivity contribution in [3.8, 4) is 0 Å². The van der Waals surface area contributed by atoms with Crippen LogP contribution in [-0.4, -0.2) is 12.1 Å². The van der Waals surface area contributed by atoms with Gasteiger partial charge < -0.3 is 11.1 Å². The second-order valence-electron chi connectivity index (χ2n) is 5.68. The third-order valence-corrected chi connectivity index (χ3v) is 4.57. The summed E-state index contributed by atoms with van der Waals surface area (Å²) in [6.07, 6.45) is 2.70. The number of hydrogen-bond acceptors (Lipinski definition) is 2. The first-order valence-electron chi connectivity index (χ1n) is 7.12. The summed E-state index contributed by atoms with van der Waals surface area (Å²) in [6.45, 7) is 0.480. The predicted octanol–water partition coefficient (Wildman–Crippen LogP) is 3.78. The minimum Gasteiger partial charge on any atom is -0.377 e. The van der Waals surface area contributed by atoms with Gasteiger partial charge in [0.1, 0.15) is 5.82 Å². The normalized spacial score (nSPS) is 20.9. The number of rotatable bonds is 3. The summed E-state index contributed by atoms with van der Waals surface area (Å²) < 4.78 is 13.4. The van der Waals surface area contributed by atoms with E-state index in [2.05, 4.69) is 23.5 Å². The molecule has 0 heterocycles. The van der Waals surface area contributed by atoms with Crippen LogP contribution in [0.2, 0.25) is 5.02 Å². The SMILES string of the molecule is NCC1(Nc2cc(F)ccc2Cl)CCc2ccccc2C1. The maximum Gasteiger partial charge on any atom is 0.125 e. The largest absolute Gasteiger partial charge is 0.377 e. The van der Waals surface area contributed by atoms with Gasteiger partial charge in [-0.05, 0) is 48.6 Å². The Balaban J connectivity index is 1.90. The average Bonchev–Trinajstić information content (AvgIpc) is 2.51. The topological polar surface area (TPSA) is 38.0 Å². The lowest BCUT2D eigenvalue weighted by Gasteiger charge is -2.39. The molecule has 2 nitrogen and oxygen atoms in total. The number of aryl methyl sites for hydroxylation is 1. The monoisotopic (exact) mass is 304 g/mol. The Bertz CT molecular complexity index is 659. The van der Waals surface area contributed by atoms with E-state index < -0.39 is 0 Å². The summed E-state index contributed by atoms with van der Waals surface area (Å²) in [5.41, 5.74) is 9.04. The van der Waals surface area contributed by atoms with Gasteiger partial charge in [-0.2, -0.15) is 0 Å². The molecular formula is C17H18ClFN2. The van der Waals surface area contributed by atoms with Crippen molar-refractivity contribution in [3.63, 3.8) is 0 Å². The number of hydrogen-bond donors (Lipinski definition) is 2. The standard InChI is InChI=1S/C17H18ClFN2/c18-15-6-5-14(19)9-16(15)21-17(11-20)8-7-12-3-1-2-4-13(12)10-17/h1-6,9,21H,7-8,10-11,20H2. The van der Waals surface area contributed by atoms with Crippen molar-refractivity contribution in [2.45, 2.75) is 24.8 Å². The molecule has 0 bridgehead atoms. The molecule has 21 heavy (non-hydrogen) atoms. The van der Waals surface area contributed by atoms with Crippen molar-refractivity contribution < 1.29 is 4.39 Å². The quantitative estimate of drug-likeness (QED) is 0.905. The van der Waals surface area contributed by atoms with Crippen LogP contribution in [0, 0.1) is 5.82 Å². The first-order valence-corrected chi connectivity index (χ1v) is 7.50. The van der Waals surface area contributed by atoms with Crippen molar-refractivity contribution in [2.75, 3.05) is 11.9 Å². The Morgan fingerprint density at radius 1 is 1.19 bits per heavy atom. The van der Waals surface area contributed by atoms with Gasteiger partial charge >= 0.3 is 0 Å². The first-order chi connectivity index (χ1) is 10.1. The molecule has 0 spiro atoms. The van der Waals surface area contributed by atoms with E-state index in [4.69, 9.17) is 17.3 Å². The number of nitrogens with two attached hydrogens (primary N) is 1. The van der Waals surface area contributed by atoms with Crippen molar-refractivity contribution >= 4 is 17.3 Å². The molecule has 4 heteroatoms. The lowest BCUT2D eigenvalue weighted by molar-refractivity contribution is 0.417. The summed E-state index contributed by atoms with van der Waals surface area (Å²) in [5, 5.41) is 3.91. The van der Waals surface area contributed by atoms with Crippen LogP contribution in [0.15, 0.2) is 42.5 Å². The average molecular weight is 305 g/mol. The molecule has 3 N–H and O–H groups in total. The summed E-state index contributed by atoms with van der Waals surface area (Å²) in [6, 6.07) is 12.8. The predicted molar refractivity (Wildman–Crippen MR) is 85.3 cm³/mol. The highest BCUT2D eigenvalue weighted by atomic mass is 35.5. The number of halogens is 2. The summed E-state index contributed by atoms with van der Waals surface area (Å²) in [4.78, 5) is 0. The van der Waals surface area contributed by atoms with Gasteiger partial charge in [0.25, 0.3) is 0 Å². The fraction of sp³-hybridized carbons (Fsp3) is 0.294. The molecule has 0 saturated heterocycles. The third-order valence-electron chi connectivity index (χ3n) is 4.24. The van der Waals surface area contributed by atoms with Gasteiger partial charge in [0.05, 0.1) is 16.2 Å². The highest BCUT2D eigenvalue weighted by Gasteiger charge is 2.33. The summed E-state index contributed by atoms with van der Waals surface area (Å²) in [7, 11) is 0. The van der Waals surface area contributed by atoms with Crippen molar-refractivity contribution in [1.82, 2.24) is 0 Å². The van der Waals surface area contributed by atoms with Gasteiger partial charge in [-0.25, -0.2) is 4.39 Å². The van der Waals surface area contributed by atoms with Crippen molar-refractivity contribution in [1.29, 1.82) is 0 Å². The number of benzene rings is 2. The summed E-state index contributed by atoms with van der Waals surface area (Å²) in [5.74, 6) is -0.301. The highest BCUT2D eigenvalue weighted by molar-refractivity contribution is 6.33. The van der Waals surface area contributed by atoms with Crippen LogP contribution in [0.3, 0.4) is 0 Å². The van der Waals surface area contributed by atoms with Gasteiger partial charge in [-0.3, -0.25) is 0 Å². The number of anilines is 1. The molecule has 1 unspecified atom stereocenters. The van der Waals surface area contributed by atoms with Crippen LogP contribution < -0.4 is 11.1 Å². The van der Waals surface area contributed by atoms with E-state index in [0.717, 1.165) is 19.3 Å². The zero-order chi connectivity index (χ0) is 14.9. The van der Waals surface area contributed by atoms with Crippen molar-refractivity contribution in [2.24, 2.45) is 5.73 Å². The van der Waals surface area contributed by atoms with Gasteiger partial charge in [0, 0.05) is 6.54 Å². The van der Waals surface area contributed by atoms with Gasteiger partial charge in [-0.1, -0.05) is 35.9 Å². The Kier molecular flexibility index (Phi) is 3.87. The third kappa shape index (κ3) is 2.89. The Morgan fingerprint density at radius 3 is 2.71 bits per heavy atom. The number of nitrogens with one attached hydrogen (secondary N) is 1. The molecule has 1 aliphatic carbocycles. The van der Waals surface area contributed by atoms with Crippen LogP contribution in [0.1, 0.15) is 17.5 Å². The Hall–Kier alpha value is -1.58. The second-order valence-corrected chi connectivity index (χ2v) is 6.09. The van der Waals surface area contributed by atoms with Gasteiger partial charge in [0.2, 0.25) is 0 Å². The molecule has 1 atom stereocenters. The maximum atomic E-state index is 13.4. The van der Waals surface area contributed by atoms with E-state index >= 15 is 0 Å². The smallest absolute Gasteiger partial charge is 0.125 e. The van der Waals surface area contributed by atoms with Crippen LogP contribution in [0.25, 0.3) is 0 Å². The van der Waals surface area contributed by atoms with Crippen LogP contribution in [0.4, 0.5) is 10.1 Å². The fourth-order valence-corrected chi connectivity index (χ4v) is 3.18. The zero-order valence-electron chi connectivity index (χ0n) is 11.7. The Labute approximate surface area is 129 Å². The van der Waals surface area contributed by atoms with E-state index in [0.29, 0.717) is 17.3 Å². The molecule has 3 rings (SSSR count). The van der Waals surface area contributed by atoms with E-state index in [1.807, 2.05) is 6.07 Å². The van der Waals surface area contributed by atoms with Crippen molar-refractivity contribution in [3.05, 3.63) is 64.4 Å². The molecule has 110 valence electrons.